The molecule has 1 heterocycles. The SMILES string of the molecule is CCCC(C)OC(=O)C(=O)N1C[C@@H](c2ccc(OC)c(OCC3CC3)c2)[C@](C)([C@@H](C)O)C1. The Morgan fingerprint density at radius 2 is 1.97 bits per heavy atom. The van der Waals surface area contributed by atoms with Gasteiger partial charge in [-0.15, -0.1) is 0 Å². The molecule has 1 saturated heterocycles. The summed E-state index contributed by atoms with van der Waals surface area (Å²) in [5, 5.41) is 10.6. The van der Waals surface area contributed by atoms with Crippen molar-refractivity contribution >= 4 is 11.9 Å². The minimum Gasteiger partial charge on any atom is -0.493 e. The normalized spacial score (nSPS) is 24.7. The number of carbonyl (C=O) groups excluding carboxylic acids is 2. The highest BCUT2D eigenvalue weighted by atomic mass is 16.5. The summed E-state index contributed by atoms with van der Waals surface area (Å²) in [4.78, 5) is 26.8. The van der Waals surface area contributed by atoms with Gasteiger partial charge in [-0.1, -0.05) is 26.3 Å². The van der Waals surface area contributed by atoms with Crippen LogP contribution in [0.25, 0.3) is 0 Å². The van der Waals surface area contributed by atoms with Gasteiger partial charge in [-0.25, -0.2) is 4.79 Å². The maximum atomic E-state index is 12.8. The first-order chi connectivity index (χ1) is 15.2. The summed E-state index contributed by atoms with van der Waals surface area (Å²) in [7, 11) is 1.61. The average Bonchev–Trinajstić information content (AvgIpc) is 3.52. The third-order valence-corrected chi connectivity index (χ3v) is 6.91. The molecule has 0 aromatic heterocycles. The van der Waals surface area contributed by atoms with Gasteiger partial charge in [0.2, 0.25) is 0 Å². The van der Waals surface area contributed by atoms with E-state index in [1.807, 2.05) is 32.0 Å². The number of nitrogens with zero attached hydrogens (tertiary/aromatic N) is 1. The van der Waals surface area contributed by atoms with Crippen LogP contribution < -0.4 is 9.47 Å². The van der Waals surface area contributed by atoms with Crippen LogP contribution in [0.1, 0.15) is 64.9 Å². The molecule has 7 nitrogen and oxygen atoms in total. The number of carbonyl (C=O) groups is 2. The predicted molar refractivity (Wildman–Crippen MR) is 121 cm³/mol. The number of ether oxygens (including phenoxy) is 3. The minimum absolute atomic E-state index is 0.165. The number of hydrogen-bond donors (Lipinski definition) is 1. The Bertz CT molecular complexity index is 821. The van der Waals surface area contributed by atoms with Crippen LogP contribution >= 0.6 is 0 Å². The standard InChI is InChI=1S/C25H37NO6/c1-6-7-16(2)32-24(29)23(28)26-13-20(25(4,15-26)17(3)27)19-10-11-21(30-5)22(12-19)31-14-18-8-9-18/h10-12,16-18,20,27H,6-9,13-15H2,1-5H3/t16?,17-,20+,25+/m1/s1. The Kier molecular flexibility index (Phi) is 7.70. The molecule has 1 aliphatic carbocycles. The molecule has 178 valence electrons. The Hall–Kier alpha value is -2.28. The van der Waals surface area contributed by atoms with Crippen LogP contribution in [-0.2, 0) is 14.3 Å². The third-order valence-electron chi connectivity index (χ3n) is 6.91. The van der Waals surface area contributed by atoms with E-state index in [1.165, 1.54) is 17.7 Å². The van der Waals surface area contributed by atoms with Gasteiger partial charge in [-0.05, 0) is 56.7 Å². The van der Waals surface area contributed by atoms with E-state index in [2.05, 4.69) is 0 Å². The number of benzene rings is 1. The van der Waals surface area contributed by atoms with E-state index in [0.717, 1.165) is 12.0 Å². The van der Waals surface area contributed by atoms with Crippen LogP contribution in [-0.4, -0.2) is 60.9 Å². The minimum atomic E-state index is -0.831. The molecule has 1 N–H and O–H groups in total. The number of aliphatic hydroxyl groups is 1. The summed E-state index contributed by atoms with van der Waals surface area (Å²) in [6.07, 6.45) is 2.98. The lowest BCUT2D eigenvalue weighted by atomic mass is 9.72. The summed E-state index contributed by atoms with van der Waals surface area (Å²) < 4.78 is 16.8. The maximum absolute atomic E-state index is 12.8. The Morgan fingerprint density at radius 1 is 1.25 bits per heavy atom. The van der Waals surface area contributed by atoms with E-state index in [0.29, 0.717) is 37.0 Å². The summed E-state index contributed by atoms with van der Waals surface area (Å²) in [5.74, 6) is 0.284. The number of amides is 1. The molecule has 1 saturated carbocycles. The highest BCUT2D eigenvalue weighted by Gasteiger charge is 2.49. The van der Waals surface area contributed by atoms with Gasteiger partial charge in [0.25, 0.3) is 0 Å². The number of methoxy groups -OCH3 is 1. The van der Waals surface area contributed by atoms with E-state index in [-0.39, 0.29) is 18.6 Å². The molecule has 0 spiro atoms. The summed E-state index contributed by atoms with van der Waals surface area (Å²) in [5.41, 5.74) is 0.330. The van der Waals surface area contributed by atoms with Crippen molar-refractivity contribution in [3.8, 4) is 11.5 Å². The lowest BCUT2D eigenvalue weighted by molar-refractivity contribution is -0.163. The van der Waals surface area contributed by atoms with Crippen molar-refractivity contribution in [2.45, 2.75) is 71.5 Å². The van der Waals surface area contributed by atoms with Crippen molar-refractivity contribution in [1.29, 1.82) is 0 Å². The monoisotopic (exact) mass is 447 g/mol. The van der Waals surface area contributed by atoms with Gasteiger partial charge in [-0.2, -0.15) is 0 Å². The van der Waals surface area contributed by atoms with Crippen molar-refractivity contribution in [1.82, 2.24) is 4.90 Å². The van der Waals surface area contributed by atoms with Gasteiger partial charge in [0.15, 0.2) is 11.5 Å². The predicted octanol–water partition coefficient (Wildman–Crippen LogP) is 3.53. The molecule has 1 aliphatic heterocycles. The van der Waals surface area contributed by atoms with Crippen molar-refractivity contribution < 1.29 is 28.9 Å². The van der Waals surface area contributed by atoms with Crippen molar-refractivity contribution in [3.05, 3.63) is 23.8 Å². The number of hydrogen-bond acceptors (Lipinski definition) is 6. The highest BCUT2D eigenvalue weighted by molar-refractivity contribution is 6.32. The number of aliphatic hydroxyl groups excluding tert-OH is 1. The molecular formula is C25H37NO6. The van der Waals surface area contributed by atoms with Crippen LogP contribution in [0.4, 0.5) is 0 Å². The van der Waals surface area contributed by atoms with Gasteiger partial charge >= 0.3 is 11.9 Å². The lowest BCUT2D eigenvalue weighted by Gasteiger charge is -2.33. The second kappa shape index (κ2) is 10.1. The zero-order valence-corrected chi connectivity index (χ0v) is 19.9. The molecule has 0 radical (unpaired) electrons. The van der Waals surface area contributed by atoms with E-state index in [1.54, 1.807) is 21.0 Å². The molecular weight excluding hydrogens is 410 g/mol. The second-order valence-electron chi connectivity index (χ2n) is 9.59. The molecule has 7 heteroatoms. The van der Waals surface area contributed by atoms with Gasteiger partial charge in [0.05, 0.1) is 25.9 Å². The van der Waals surface area contributed by atoms with Gasteiger partial charge in [0, 0.05) is 24.4 Å². The molecule has 0 bridgehead atoms. The van der Waals surface area contributed by atoms with Crippen molar-refractivity contribution in [2.75, 3.05) is 26.8 Å². The molecule has 2 fully saturated rings. The Morgan fingerprint density at radius 3 is 2.56 bits per heavy atom. The van der Waals surface area contributed by atoms with E-state index < -0.39 is 23.4 Å². The van der Waals surface area contributed by atoms with Crippen LogP contribution in [0.2, 0.25) is 0 Å². The summed E-state index contributed by atoms with van der Waals surface area (Å²) >= 11 is 0. The number of likely N-dealkylation sites (tertiary alicyclic amines) is 1. The molecule has 1 unspecified atom stereocenters. The topological polar surface area (TPSA) is 85.3 Å². The van der Waals surface area contributed by atoms with E-state index in [9.17, 15) is 14.7 Å². The third kappa shape index (κ3) is 5.37. The molecule has 3 rings (SSSR count). The fraction of sp³-hybridized carbons (Fsp3) is 0.680. The number of esters is 1. The van der Waals surface area contributed by atoms with Gasteiger partial charge < -0.3 is 24.2 Å². The van der Waals surface area contributed by atoms with E-state index in [4.69, 9.17) is 14.2 Å². The van der Waals surface area contributed by atoms with Gasteiger partial charge in [0.1, 0.15) is 0 Å². The molecule has 4 atom stereocenters. The van der Waals surface area contributed by atoms with Crippen LogP contribution in [0.5, 0.6) is 11.5 Å². The zero-order chi connectivity index (χ0) is 23.5. The van der Waals surface area contributed by atoms with Gasteiger partial charge in [-0.3, -0.25) is 4.79 Å². The highest BCUT2D eigenvalue weighted by Crippen LogP contribution is 2.47. The fourth-order valence-electron chi connectivity index (χ4n) is 4.42. The molecule has 1 aromatic rings. The van der Waals surface area contributed by atoms with Crippen LogP contribution in [0, 0.1) is 11.3 Å². The largest absolute Gasteiger partial charge is 0.493 e. The first-order valence-corrected chi connectivity index (χ1v) is 11.7. The smallest absolute Gasteiger partial charge is 0.397 e. The summed E-state index contributed by atoms with van der Waals surface area (Å²) in [6, 6.07) is 5.76. The van der Waals surface area contributed by atoms with Crippen LogP contribution in [0.15, 0.2) is 18.2 Å². The summed E-state index contributed by atoms with van der Waals surface area (Å²) in [6.45, 7) is 8.74. The van der Waals surface area contributed by atoms with Crippen molar-refractivity contribution in [2.24, 2.45) is 11.3 Å². The van der Waals surface area contributed by atoms with Crippen molar-refractivity contribution in [3.63, 3.8) is 0 Å². The van der Waals surface area contributed by atoms with E-state index >= 15 is 0 Å². The Labute approximate surface area is 191 Å². The first kappa shape index (κ1) is 24.4. The zero-order valence-electron chi connectivity index (χ0n) is 19.9. The molecule has 1 amide bonds. The molecule has 1 aromatic carbocycles. The first-order valence-electron chi connectivity index (χ1n) is 11.7. The quantitative estimate of drug-likeness (QED) is 0.460. The number of rotatable bonds is 9. The maximum Gasteiger partial charge on any atom is 0.397 e. The molecule has 2 aliphatic rings. The molecule has 32 heavy (non-hydrogen) atoms. The Balaban J connectivity index is 1.81. The lowest BCUT2D eigenvalue weighted by Crippen LogP contribution is -2.40. The average molecular weight is 448 g/mol. The fourth-order valence-corrected chi connectivity index (χ4v) is 4.42. The van der Waals surface area contributed by atoms with Crippen LogP contribution in [0.3, 0.4) is 0 Å². The second-order valence-corrected chi connectivity index (χ2v) is 9.59.